The monoisotopic (exact) mass is 370 g/mol. The van der Waals surface area contributed by atoms with Crippen molar-refractivity contribution in [3.63, 3.8) is 0 Å². The Morgan fingerprint density at radius 3 is 2.19 bits per heavy atom. The first-order valence-electron chi connectivity index (χ1n) is 4.65. The van der Waals surface area contributed by atoms with E-state index in [0.29, 0.717) is 12.8 Å². The molecule has 1 aliphatic carbocycles. The molecule has 1 fully saturated rings. The predicted octanol–water partition coefficient (Wildman–Crippen LogP) is 5.17. The highest BCUT2D eigenvalue weighted by atomic mass is 79.9. The fraction of sp³-hybridized carbons (Fsp3) is 0.778. The SMILES string of the molecule is FC(=C1CCCCC1Br)C(F)(Br)C(F)(F)F. The van der Waals surface area contributed by atoms with Crippen LogP contribution < -0.4 is 0 Å². The molecule has 0 heterocycles. The summed E-state index contributed by atoms with van der Waals surface area (Å²) in [5, 5.41) is 0. The Bertz CT molecular complexity index is 295. The van der Waals surface area contributed by atoms with Gasteiger partial charge in [-0.3, -0.25) is 0 Å². The Kier molecular flexibility index (Phi) is 4.43. The second-order valence-electron chi connectivity index (χ2n) is 3.62. The van der Waals surface area contributed by atoms with Crippen LogP contribution in [0.4, 0.5) is 22.0 Å². The zero-order valence-electron chi connectivity index (χ0n) is 8.05. The molecule has 0 N–H and O–H groups in total. The molecule has 0 amide bonds. The van der Waals surface area contributed by atoms with Gasteiger partial charge in [0.2, 0.25) is 0 Å². The van der Waals surface area contributed by atoms with Gasteiger partial charge in [-0.25, -0.2) is 8.78 Å². The van der Waals surface area contributed by atoms with Crippen molar-refractivity contribution in [2.24, 2.45) is 0 Å². The first kappa shape index (κ1) is 14.4. The van der Waals surface area contributed by atoms with Gasteiger partial charge in [-0.15, -0.1) is 0 Å². The van der Waals surface area contributed by atoms with Crippen LogP contribution in [0.25, 0.3) is 0 Å². The molecule has 0 aliphatic heterocycles. The van der Waals surface area contributed by atoms with E-state index in [9.17, 15) is 22.0 Å². The minimum Gasteiger partial charge on any atom is -0.213 e. The second-order valence-corrected chi connectivity index (χ2v) is 5.82. The van der Waals surface area contributed by atoms with E-state index in [2.05, 4.69) is 15.9 Å². The summed E-state index contributed by atoms with van der Waals surface area (Å²) in [4.78, 5) is -0.517. The summed E-state index contributed by atoms with van der Waals surface area (Å²) in [6, 6.07) is 0. The van der Waals surface area contributed by atoms with E-state index in [4.69, 9.17) is 0 Å². The van der Waals surface area contributed by atoms with Gasteiger partial charge in [-0.1, -0.05) is 22.4 Å². The lowest BCUT2D eigenvalue weighted by Gasteiger charge is -2.26. The van der Waals surface area contributed by atoms with E-state index in [-0.39, 0.29) is 12.0 Å². The normalized spacial score (nSPS) is 29.8. The van der Waals surface area contributed by atoms with Crippen LogP contribution in [-0.4, -0.2) is 15.6 Å². The third-order valence-corrected chi connectivity index (χ3v) is 4.25. The molecule has 0 spiro atoms. The molecular weight excluding hydrogens is 363 g/mol. The summed E-state index contributed by atoms with van der Waals surface area (Å²) in [6.07, 6.45) is -3.26. The fourth-order valence-corrected chi connectivity index (χ4v) is 2.55. The van der Waals surface area contributed by atoms with Crippen LogP contribution >= 0.6 is 31.9 Å². The molecule has 7 heteroatoms. The zero-order chi connectivity index (χ0) is 12.6. The molecular formula is C9H9Br2F5. The lowest BCUT2D eigenvalue weighted by atomic mass is 9.93. The molecule has 1 saturated carbocycles. The molecule has 0 aromatic carbocycles. The van der Waals surface area contributed by atoms with Crippen molar-refractivity contribution >= 4 is 31.9 Å². The molecule has 0 saturated heterocycles. The molecule has 2 unspecified atom stereocenters. The van der Waals surface area contributed by atoms with Crippen molar-refractivity contribution in [1.29, 1.82) is 0 Å². The number of hydrogen-bond acceptors (Lipinski definition) is 0. The third kappa shape index (κ3) is 2.78. The van der Waals surface area contributed by atoms with Crippen molar-refractivity contribution in [1.82, 2.24) is 0 Å². The predicted molar refractivity (Wildman–Crippen MR) is 58.1 cm³/mol. The highest BCUT2D eigenvalue weighted by Gasteiger charge is 2.59. The Hall–Kier alpha value is 0.350. The molecule has 0 aromatic rings. The van der Waals surface area contributed by atoms with Gasteiger partial charge >= 0.3 is 10.8 Å². The molecule has 0 aromatic heterocycles. The Balaban J connectivity index is 3.06. The average Bonchev–Trinajstić information content (AvgIpc) is 2.15. The maximum Gasteiger partial charge on any atom is 0.439 e. The van der Waals surface area contributed by atoms with Crippen molar-refractivity contribution < 1.29 is 22.0 Å². The number of alkyl halides is 6. The lowest BCUT2D eigenvalue weighted by Crippen LogP contribution is -2.37. The van der Waals surface area contributed by atoms with Crippen molar-refractivity contribution in [3.05, 3.63) is 11.4 Å². The zero-order valence-corrected chi connectivity index (χ0v) is 11.2. The summed E-state index contributed by atoms with van der Waals surface area (Å²) < 4.78 is 59.5. The average molecular weight is 372 g/mol. The van der Waals surface area contributed by atoms with E-state index >= 15 is 0 Å². The van der Waals surface area contributed by atoms with Crippen LogP contribution in [0, 0.1) is 0 Å². The highest BCUT2D eigenvalue weighted by molar-refractivity contribution is 9.10. The van der Waals surface area contributed by atoms with Gasteiger partial charge in [-0.2, -0.15) is 13.2 Å². The highest BCUT2D eigenvalue weighted by Crippen LogP contribution is 2.48. The molecule has 1 aliphatic rings. The number of rotatable bonds is 1. The summed E-state index contributed by atoms with van der Waals surface area (Å²) in [7, 11) is 0. The van der Waals surface area contributed by atoms with E-state index in [0.717, 1.165) is 6.42 Å². The Morgan fingerprint density at radius 1 is 1.19 bits per heavy atom. The minimum atomic E-state index is -5.30. The van der Waals surface area contributed by atoms with Crippen molar-refractivity contribution in [2.75, 3.05) is 0 Å². The largest absolute Gasteiger partial charge is 0.439 e. The van der Waals surface area contributed by atoms with Crippen LogP contribution in [0.1, 0.15) is 25.7 Å². The van der Waals surface area contributed by atoms with Crippen LogP contribution in [0.15, 0.2) is 11.4 Å². The quantitative estimate of drug-likeness (QED) is 0.440. The van der Waals surface area contributed by atoms with Gasteiger partial charge in [0.1, 0.15) is 0 Å². The van der Waals surface area contributed by atoms with E-state index < -0.39 is 21.4 Å². The van der Waals surface area contributed by atoms with Gasteiger partial charge in [0.15, 0.2) is 5.83 Å². The molecule has 16 heavy (non-hydrogen) atoms. The lowest BCUT2D eigenvalue weighted by molar-refractivity contribution is -0.184. The van der Waals surface area contributed by atoms with E-state index in [1.807, 2.05) is 0 Å². The van der Waals surface area contributed by atoms with Gasteiger partial charge in [0, 0.05) is 4.83 Å². The van der Waals surface area contributed by atoms with Crippen LogP contribution in [0.5, 0.6) is 0 Å². The first-order valence-corrected chi connectivity index (χ1v) is 6.36. The summed E-state index contributed by atoms with van der Waals surface area (Å²) >= 11 is 4.85. The molecule has 0 nitrogen and oxygen atoms in total. The summed E-state index contributed by atoms with van der Waals surface area (Å²) in [5.41, 5.74) is -0.136. The molecule has 0 radical (unpaired) electrons. The fourth-order valence-electron chi connectivity index (χ4n) is 1.54. The number of halogens is 7. The second kappa shape index (κ2) is 4.92. The maximum absolute atomic E-state index is 13.5. The topological polar surface area (TPSA) is 0 Å². The van der Waals surface area contributed by atoms with Crippen molar-refractivity contribution in [2.45, 2.75) is 41.3 Å². The first-order chi connectivity index (χ1) is 7.18. The van der Waals surface area contributed by atoms with E-state index in [1.165, 1.54) is 0 Å². The molecule has 94 valence electrons. The van der Waals surface area contributed by atoms with Crippen LogP contribution in [0.2, 0.25) is 0 Å². The number of allylic oxidation sites excluding steroid dienone is 2. The maximum atomic E-state index is 13.5. The molecule has 0 bridgehead atoms. The van der Waals surface area contributed by atoms with Crippen LogP contribution in [-0.2, 0) is 0 Å². The van der Waals surface area contributed by atoms with Gasteiger partial charge in [-0.05, 0) is 40.8 Å². The summed E-state index contributed by atoms with van der Waals surface area (Å²) in [5.74, 6) is -1.76. The Morgan fingerprint density at radius 2 is 1.75 bits per heavy atom. The molecule has 2 atom stereocenters. The standard InChI is InChI=1S/C9H9Br2F5/c10-6-4-2-1-3-5(6)7(12)8(11,13)9(14,15)16/h6H,1-4H2. The summed E-state index contributed by atoms with van der Waals surface area (Å²) in [6.45, 7) is 0. The van der Waals surface area contributed by atoms with Gasteiger partial charge in [0.05, 0.1) is 0 Å². The molecule has 1 rings (SSSR count). The van der Waals surface area contributed by atoms with E-state index in [1.54, 1.807) is 15.9 Å². The smallest absolute Gasteiger partial charge is 0.213 e. The van der Waals surface area contributed by atoms with Crippen LogP contribution in [0.3, 0.4) is 0 Å². The minimum absolute atomic E-state index is 0.136. The Labute approximate surface area is 107 Å². The number of hydrogen-bond donors (Lipinski definition) is 0. The van der Waals surface area contributed by atoms with Crippen molar-refractivity contribution in [3.8, 4) is 0 Å². The van der Waals surface area contributed by atoms with Gasteiger partial charge < -0.3 is 0 Å². The van der Waals surface area contributed by atoms with Gasteiger partial charge in [0.25, 0.3) is 0 Å². The third-order valence-electron chi connectivity index (χ3n) is 2.45.